The Kier molecular flexibility index (Phi) is 2.46. The molecule has 1 aliphatic rings. The Morgan fingerprint density at radius 3 is 2.92 bits per heavy atom. The van der Waals surface area contributed by atoms with E-state index in [2.05, 4.69) is 9.36 Å². The number of aromatic nitrogens is 2. The number of hydrogen-bond acceptors (Lipinski definition) is 5. The lowest BCUT2D eigenvalue weighted by atomic mass is 10.3. The lowest BCUT2D eigenvalue weighted by Gasteiger charge is -2.08. The molecule has 2 unspecified atom stereocenters. The van der Waals surface area contributed by atoms with Crippen LogP contribution in [-0.2, 0) is 0 Å². The van der Waals surface area contributed by atoms with Gasteiger partial charge in [-0.05, 0) is 26.2 Å². The van der Waals surface area contributed by atoms with Gasteiger partial charge in [0.1, 0.15) is 11.9 Å². The molecule has 0 radical (unpaired) electrons. The lowest BCUT2D eigenvalue weighted by Crippen LogP contribution is -2.19. The summed E-state index contributed by atoms with van der Waals surface area (Å²) in [5.74, 6) is 0.780. The number of hydrogen-bond donors (Lipinski definition) is 1. The van der Waals surface area contributed by atoms with Gasteiger partial charge >= 0.3 is 0 Å². The van der Waals surface area contributed by atoms with Gasteiger partial charge in [-0.25, -0.2) is 0 Å². The van der Waals surface area contributed by atoms with Gasteiger partial charge in [-0.3, -0.25) is 0 Å². The van der Waals surface area contributed by atoms with Crippen molar-refractivity contribution in [1.82, 2.24) is 9.36 Å². The minimum Gasteiger partial charge on any atom is -0.466 e. The van der Waals surface area contributed by atoms with Crippen LogP contribution < -0.4 is 10.5 Å². The summed E-state index contributed by atoms with van der Waals surface area (Å²) in [6, 6.07) is 0.305. The maximum atomic E-state index is 5.77. The normalized spacial score (nSPS) is 27.8. The zero-order valence-electron chi connectivity index (χ0n) is 7.56. The van der Waals surface area contributed by atoms with Gasteiger partial charge < -0.3 is 10.5 Å². The van der Waals surface area contributed by atoms with Crippen molar-refractivity contribution in [2.24, 2.45) is 5.73 Å². The monoisotopic (exact) mass is 199 g/mol. The quantitative estimate of drug-likeness (QED) is 0.775. The molecule has 0 saturated heterocycles. The van der Waals surface area contributed by atoms with Crippen LogP contribution in [0, 0.1) is 6.92 Å². The van der Waals surface area contributed by atoms with Crippen molar-refractivity contribution >= 4 is 11.5 Å². The van der Waals surface area contributed by atoms with Crippen LogP contribution >= 0.6 is 11.5 Å². The first-order valence-electron chi connectivity index (χ1n) is 4.46. The third kappa shape index (κ3) is 2.16. The fourth-order valence-corrected chi connectivity index (χ4v) is 2.15. The van der Waals surface area contributed by atoms with Crippen LogP contribution in [0.25, 0.3) is 0 Å². The van der Waals surface area contributed by atoms with Gasteiger partial charge in [-0.1, -0.05) is 0 Å². The number of nitrogens with two attached hydrogens (primary N) is 1. The molecule has 1 aromatic rings. The van der Waals surface area contributed by atoms with Crippen molar-refractivity contribution in [2.75, 3.05) is 0 Å². The molecule has 2 atom stereocenters. The standard InChI is InChI=1S/C8H13N3OS/c1-5-10-8(13-11-5)12-7-3-2-6(9)4-7/h6-7H,2-4,9H2,1H3. The second-order valence-electron chi connectivity index (χ2n) is 3.42. The average molecular weight is 199 g/mol. The molecule has 2 N–H and O–H groups in total. The summed E-state index contributed by atoms with van der Waals surface area (Å²) < 4.78 is 9.68. The van der Waals surface area contributed by atoms with Gasteiger partial charge in [0.15, 0.2) is 0 Å². The summed E-state index contributed by atoms with van der Waals surface area (Å²) in [7, 11) is 0. The molecule has 1 saturated carbocycles. The highest BCUT2D eigenvalue weighted by molar-refractivity contribution is 7.07. The van der Waals surface area contributed by atoms with E-state index in [9.17, 15) is 0 Å². The van der Waals surface area contributed by atoms with Gasteiger partial charge in [0.05, 0.1) is 0 Å². The Morgan fingerprint density at radius 2 is 2.38 bits per heavy atom. The largest absolute Gasteiger partial charge is 0.466 e. The molecule has 0 aliphatic heterocycles. The summed E-state index contributed by atoms with van der Waals surface area (Å²) in [6.45, 7) is 1.86. The SMILES string of the molecule is Cc1nsc(OC2CCC(N)C2)n1. The third-order valence-corrected chi connectivity index (χ3v) is 2.90. The summed E-state index contributed by atoms with van der Waals surface area (Å²) in [5.41, 5.74) is 5.77. The first-order valence-corrected chi connectivity index (χ1v) is 5.24. The summed E-state index contributed by atoms with van der Waals surface area (Å²) in [6.07, 6.45) is 3.29. The van der Waals surface area contributed by atoms with Gasteiger partial charge in [0.2, 0.25) is 0 Å². The molecule has 0 aromatic carbocycles. The number of rotatable bonds is 2. The summed E-state index contributed by atoms with van der Waals surface area (Å²) in [5, 5.41) is 0.677. The molecular weight excluding hydrogens is 186 g/mol. The van der Waals surface area contributed by atoms with E-state index >= 15 is 0 Å². The molecule has 1 aliphatic carbocycles. The van der Waals surface area contributed by atoms with E-state index in [0.717, 1.165) is 25.1 Å². The zero-order valence-corrected chi connectivity index (χ0v) is 8.38. The number of ether oxygens (including phenoxy) is 1. The number of aryl methyl sites for hydroxylation is 1. The highest BCUT2D eigenvalue weighted by atomic mass is 32.1. The number of nitrogens with zero attached hydrogens (tertiary/aromatic N) is 2. The van der Waals surface area contributed by atoms with E-state index < -0.39 is 0 Å². The Bertz CT molecular complexity index is 289. The molecular formula is C8H13N3OS. The lowest BCUT2D eigenvalue weighted by molar-refractivity contribution is 0.207. The van der Waals surface area contributed by atoms with Crippen LogP contribution in [0.1, 0.15) is 25.1 Å². The molecule has 1 aromatic heterocycles. The van der Waals surface area contributed by atoms with Crippen LogP contribution in [-0.4, -0.2) is 21.5 Å². The highest BCUT2D eigenvalue weighted by Crippen LogP contribution is 2.24. The Morgan fingerprint density at radius 1 is 1.54 bits per heavy atom. The van der Waals surface area contributed by atoms with E-state index in [-0.39, 0.29) is 6.10 Å². The molecule has 1 heterocycles. The molecule has 4 nitrogen and oxygen atoms in total. The highest BCUT2D eigenvalue weighted by Gasteiger charge is 2.24. The van der Waals surface area contributed by atoms with E-state index in [4.69, 9.17) is 10.5 Å². The first kappa shape index (κ1) is 8.90. The predicted molar refractivity (Wildman–Crippen MR) is 50.9 cm³/mol. The summed E-state index contributed by atoms with van der Waals surface area (Å²) >= 11 is 1.31. The summed E-state index contributed by atoms with van der Waals surface area (Å²) in [4.78, 5) is 4.14. The maximum absolute atomic E-state index is 5.77. The third-order valence-electron chi connectivity index (χ3n) is 2.20. The van der Waals surface area contributed by atoms with Crippen molar-refractivity contribution < 1.29 is 4.74 Å². The van der Waals surface area contributed by atoms with Gasteiger partial charge in [-0.2, -0.15) is 9.36 Å². The van der Waals surface area contributed by atoms with Crippen LogP contribution in [0.2, 0.25) is 0 Å². The van der Waals surface area contributed by atoms with Crippen molar-refractivity contribution in [3.63, 3.8) is 0 Å². The minimum absolute atomic E-state index is 0.252. The van der Waals surface area contributed by atoms with Crippen molar-refractivity contribution in [3.8, 4) is 5.19 Å². The van der Waals surface area contributed by atoms with E-state index in [1.165, 1.54) is 11.5 Å². The van der Waals surface area contributed by atoms with Crippen LogP contribution in [0.15, 0.2) is 0 Å². The molecule has 1 fully saturated rings. The minimum atomic E-state index is 0.252. The Hall–Kier alpha value is -0.680. The molecule has 2 rings (SSSR count). The van der Waals surface area contributed by atoms with E-state index in [0.29, 0.717) is 11.2 Å². The maximum Gasteiger partial charge on any atom is 0.293 e. The van der Waals surface area contributed by atoms with Crippen LogP contribution in [0.5, 0.6) is 5.19 Å². The van der Waals surface area contributed by atoms with Crippen LogP contribution in [0.4, 0.5) is 0 Å². The zero-order chi connectivity index (χ0) is 9.26. The molecule has 5 heteroatoms. The Labute approximate surface area is 81.3 Å². The van der Waals surface area contributed by atoms with Crippen molar-refractivity contribution in [2.45, 2.75) is 38.3 Å². The van der Waals surface area contributed by atoms with Gasteiger partial charge in [-0.15, -0.1) is 0 Å². The average Bonchev–Trinajstić information content (AvgIpc) is 2.62. The second-order valence-corrected chi connectivity index (χ2v) is 4.13. The molecule has 0 spiro atoms. The predicted octanol–water partition coefficient (Wildman–Crippen LogP) is 1.11. The fraction of sp³-hybridized carbons (Fsp3) is 0.750. The topological polar surface area (TPSA) is 61.0 Å². The smallest absolute Gasteiger partial charge is 0.293 e. The first-order chi connectivity index (χ1) is 6.24. The van der Waals surface area contributed by atoms with Crippen molar-refractivity contribution in [3.05, 3.63) is 5.82 Å². The van der Waals surface area contributed by atoms with Crippen LogP contribution in [0.3, 0.4) is 0 Å². The second kappa shape index (κ2) is 3.59. The molecule has 72 valence electrons. The fourth-order valence-electron chi connectivity index (χ4n) is 1.55. The Balaban J connectivity index is 1.91. The van der Waals surface area contributed by atoms with E-state index in [1.54, 1.807) is 0 Å². The molecule has 0 amide bonds. The van der Waals surface area contributed by atoms with Gasteiger partial charge in [0, 0.05) is 17.6 Å². The van der Waals surface area contributed by atoms with E-state index in [1.807, 2.05) is 6.92 Å². The van der Waals surface area contributed by atoms with Gasteiger partial charge in [0.25, 0.3) is 5.19 Å². The van der Waals surface area contributed by atoms with Crippen molar-refractivity contribution in [1.29, 1.82) is 0 Å². The molecule has 13 heavy (non-hydrogen) atoms. The molecule has 0 bridgehead atoms.